The van der Waals surface area contributed by atoms with E-state index < -0.39 is 19.4 Å². The van der Waals surface area contributed by atoms with Crippen LogP contribution in [0.25, 0.3) is 17.2 Å². The van der Waals surface area contributed by atoms with Crippen molar-refractivity contribution < 1.29 is 19.4 Å². The molecule has 0 aliphatic heterocycles. The average Bonchev–Trinajstić information content (AvgIpc) is 2.98. The summed E-state index contributed by atoms with van der Waals surface area (Å²) in [5, 5.41) is 0. The van der Waals surface area contributed by atoms with Gasteiger partial charge in [-0.1, -0.05) is 0 Å². The van der Waals surface area contributed by atoms with E-state index in [0.717, 1.165) is 19.3 Å². The standard InChI is InChI=1S/C24H29.2ClH.Zr/c1-6-10-17-15-19-13-14-22(24(3,4)5)23(21(19)16-17)20-12-9-8-11-18(20)7-2;;;/h8-9,11-16H,6-7,10H2,1-5H3;2*1H;/q;;;+2/p-2. The van der Waals surface area contributed by atoms with Gasteiger partial charge in [0.1, 0.15) is 0 Å². The third-order valence-corrected chi connectivity index (χ3v) is 10.9. The molecule has 0 spiro atoms. The number of aryl methyl sites for hydroxylation is 1. The molecule has 2 aromatic rings. The zero-order chi connectivity index (χ0) is 19.8. The van der Waals surface area contributed by atoms with Gasteiger partial charge in [0.05, 0.1) is 0 Å². The molecule has 0 heterocycles. The van der Waals surface area contributed by atoms with Crippen LogP contribution in [0.15, 0.2) is 42.0 Å². The van der Waals surface area contributed by atoms with Crippen LogP contribution in [0.2, 0.25) is 0 Å². The Labute approximate surface area is 179 Å². The van der Waals surface area contributed by atoms with Crippen LogP contribution in [0.3, 0.4) is 0 Å². The third-order valence-electron chi connectivity index (χ3n) is 5.52. The summed E-state index contributed by atoms with van der Waals surface area (Å²) in [5.41, 5.74) is 9.84. The van der Waals surface area contributed by atoms with Gasteiger partial charge >= 0.3 is 181 Å². The summed E-state index contributed by atoms with van der Waals surface area (Å²) >= 11 is -2.47. The maximum atomic E-state index is 6.65. The molecule has 1 atom stereocenters. The zero-order valence-corrected chi connectivity index (χ0v) is 21.0. The number of fused-ring (bicyclic) bond motifs is 1. The van der Waals surface area contributed by atoms with Crippen LogP contribution in [0.4, 0.5) is 0 Å². The molecule has 0 bridgehead atoms. The normalized spacial score (nSPS) is 16.3. The van der Waals surface area contributed by atoms with Crippen LogP contribution < -0.4 is 0 Å². The topological polar surface area (TPSA) is 0 Å². The summed E-state index contributed by atoms with van der Waals surface area (Å²) < 4.78 is 0.298. The second kappa shape index (κ2) is 8.56. The molecule has 3 rings (SSSR count). The number of halogens is 2. The number of allylic oxidation sites excluding steroid dienone is 1. The van der Waals surface area contributed by atoms with Gasteiger partial charge in [0.15, 0.2) is 0 Å². The minimum atomic E-state index is -2.47. The molecule has 0 saturated carbocycles. The summed E-state index contributed by atoms with van der Waals surface area (Å²) in [4.78, 5) is 0. The van der Waals surface area contributed by atoms with E-state index in [4.69, 9.17) is 17.0 Å². The molecule has 3 heteroatoms. The number of hydrogen-bond donors (Lipinski definition) is 0. The van der Waals surface area contributed by atoms with Gasteiger partial charge in [-0.2, -0.15) is 0 Å². The van der Waals surface area contributed by atoms with Gasteiger partial charge in [-0.15, -0.1) is 0 Å². The Morgan fingerprint density at radius 3 is 2.30 bits per heavy atom. The molecular formula is C24H29Cl2Zr. The van der Waals surface area contributed by atoms with Gasteiger partial charge in [0, 0.05) is 0 Å². The monoisotopic (exact) mass is 477 g/mol. The fraction of sp³-hybridized carbons (Fsp3) is 0.417. The van der Waals surface area contributed by atoms with Crippen LogP contribution in [0.5, 0.6) is 0 Å². The summed E-state index contributed by atoms with van der Waals surface area (Å²) in [6.45, 7) is 11.4. The van der Waals surface area contributed by atoms with E-state index >= 15 is 0 Å². The average molecular weight is 480 g/mol. The second-order valence-corrected chi connectivity index (χ2v) is 17.2. The van der Waals surface area contributed by atoms with Gasteiger partial charge in [-0.25, -0.2) is 0 Å². The predicted molar refractivity (Wildman–Crippen MR) is 117 cm³/mol. The van der Waals surface area contributed by atoms with E-state index in [1.807, 2.05) is 0 Å². The van der Waals surface area contributed by atoms with Gasteiger partial charge in [0.25, 0.3) is 0 Å². The SMILES string of the molecule is CCCC1=Cc2c(ccc(C(C)(C)C)c2-c2ccccc2CC)[CH]1[Zr]([Cl])[Cl]. The molecular weight excluding hydrogens is 450 g/mol. The van der Waals surface area contributed by atoms with E-state index in [1.165, 1.54) is 39.0 Å². The Kier molecular flexibility index (Phi) is 6.77. The van der Waals surface area contributed by atoms with Crippen molar-refractivity contribution >= 4 is 23.1 Å². The number of benzene rings is 2. The van der Waals surface area contributed by atoms with Crippen molar-refractivity contribution in [1.82, 2.24) is 0 Å². The Hall–Kier alpha value is -0.357. The molecule has 0 aromatic heterocycles. The van der Waals surface area contributed by atoms with Crippen molar-refractivity contribution in [1.29, 1.82) is 0 Å². The molecule has 143 valence electrons. The third kappa shape index (κ3) is 4.17. The van der Waals surface area contributed by atoms with E-state index in [1.54, 1.807) is 0 Å². The molecule has 0 radical (unpaired) electrons. The van der Waals surface area contributed by atoms with E-state index in [2.05, 4.69) is 77.1 Å². The summed E-state index contributed by atoms with van der Waals surface area (Å²) in [6, 6.07) is 13.5. The fourth-order valence-corrected chi connectivity index (χ4v) is 9.76. The van der Waals surface area contributed by atoms with Gasteiger partial charge in [0.2, 0.25) is 0 Å². The van der Waals surface area contributed by atoms with Crippen molar-refractivity contribution in [2.24, 2.45) is 0 Å². The van der Waals surface area contributed by atoms with Crippen molar-refractivity contribution in [3.05, 3.63) is 64.2 Å². The maximum absolute atomic E-state index is 6.65. The molecule has 0 amide bonds. The van der Waals surface area contributed by atoms with Crippen LogP contribution in [0, 0.1) is 0 Å². The molecule has 1 aliphatic rings. The quantitative estimate of drug-likeness (QED) is 0.404. The fourth-order valence-electron chi connectivity index (χ4n) is 4.26. The van der Waals surface area contributed by atoms with E-state index in [9.17, 15) is 0 Å². The minimum absolute atomic E-state index is 0.0750. The first-order chi connectivity index (χ1) is 12.8. The van der Waals surface area contributed by atoms with Crippen LogP contribution >= 0.6 is 17.0 Å². The van der Waals surface area contributed by atoms with Gasteiger partial charge in [-0.05, 0) is 0 Å². The molecule has 0 N–H and O–H groups in total. The van der Waals surface area contributed by atoms with Crippen molar-refractivity contribution in [3.8, 4) is 11.1 Å². The first-order valence-electron chi connectivity index (χ1n) is 9.93. The van der Waals surface area contributed by atoms with Crippen molar-refractivity contribution in [3.63, 3.8) is 0 Å². The molecule has 0 fully saturated rings. The Bertz CT molecular complexity index is 859. The van der Waals surface area contributed by atoms with Crippen molar-refractivity contribution in [2.75, 3.05) is 0 Å². The summed E-state index contributed by atoms with van der Waals surface area (Å²) in [6.07, 6.45) is 5.67. The van der Waals surface area contributed by atoms with Crippen LogP contribution in [0.1, 0.15) is 73.3 Å². The molecule has 1 aliphatic carbocycles. The van der Waals surface area contributed by atoms with E-state index in [-0.39, 0.29) is 5.41 Å². The number of hydrogen-bond acceptors (Lipinski definition) is 0. The predicted octanol–water partition coefficient (Wildman–Crippen LogP) is 8.38. The zero-order valence-electron chi connectivity index (χ0n) is 17.0. The molecule has 0 nitrogen and oxygen atoms in total. The summed E-state index contributed by atoms with van der Waals surface area (Å²) in [7, 11) is 13.3. The van der Waals surface area contributed by atoms with Crippen LogP contribution in [-0.2, 0) is 31.2 Å². The first-order valence-corrected chi connectivity index (χ1v) is 17.7. The number of rotatable bonds is 5. The first kappa shape index (κ1) is 21.4. The van der Waals surface area contributed by atoms with Crippen LogP contribution in [-0.4, -0.2) is 0 Å². The molecule has 27 heavy (non-hydrogen) atoms. The Morgan fingerprint density at radius 2 is 1.70 bits per heavy atom. The van der Waals surface area contributed by atoms with Gasteiger partial charge < -0.3 is 0 Å². The second-order valence-electron chi connectivity index (χ2n) is 8.44. The molecule has 2 aromatic carbocycles. The van der Waals surface area contributed by atoms with E-state index in [0.29, 0.717) is 3.63 Å². The Balaban J connectivity index is 2.35. The summed E-state index contributed by atoms with van der Waals surface area (Å²) in [5.74, 6) is 0. The van der Waals surface area contributed by atoms with Crippen molar-refractivity contribution in [2.45, 2.75) is 62.9 Å². The van der Waals surface area contributed by atoms with Gasteiger partial charge in [-0.3, -0.25) is 0 Å². The molecule has 1 unspecified atom stereocenters. The Morgan fingerprint density at radius 1 is 1.00 bits per heavy atom. The molecule has 0 saturated heterocycles.